The second-order valence-electron chi connectivity index (χ2n) is 22.6. The van der Waals surface area contributed by atoms with Gasteiger partial charge in [-0.25, -0.2) is 36.9 Å². The quantitative estimate of drug-likeness (QED) is 0.0447. The molecule has 0 saturated carbocycles. The number of fused-ring (bicyclic) bond motifs is 6. The molecule has 11 heterocycles. The highest BCUT2D eigenvalue weighted by Gasteiger charge is 2.27. The number of benzene rings is 4. The molecule has 5 N–H and O–H groups in total. The van der Waals surface area contributed by atoms with E-state index in [1.54, 1.807) is 95.3 Å². The number of pyridine rings is 2. The lowest BCUT2D eigenvalue weighted by Crippen LogP contribution is -2.13. The van der Waals surface area contributed by atoms with Gasteiger partial charge < -0.3 is 59.8 Å². The Morgan fingerprint density at radius 2 is 0.918 bits per heavy atom. The second kappa shape index (κ2) is 27.4. The monoisotopic (exact) mass is 1310 g/mol. The number of halogens is 5. The van der Waals surface area contributed by atoms with Crippen molar-refractivity contribution in [2.24, 2.45) is 0 Å². The molecule has 3 aliphatic heterocycles. The molecule has 0 atom stereocenters. The lowest BCUT2D eigenvalue weighted by Gasteiger charge is -2.14. The molecule has 97 heavy (non-hydrogen) atoms. The summed E-state index contributed by atoms with van der Waals surface area (Å²) < 4.78 is 94.5. The molecule has 0 saturated heterocycles. The number of ether oxygens (including phenoxy) is 3. The number of hydrogen-bond acceptors (Lipinski definition) is 17. The van der Waals surface area contributed by atoms with E-state index in [4.69, 9.17) is 33.9 Å². The maximum absolute atomic E-state index is 14.7. The summed E-state index contributed by atoms with van der Waals surface area (Å²) in [4.78, 5) is 46.8. The SMILES string of the molecule is [C-]#[N+]c1cn2c(NCc3c(F)ccc4c3CCO4)ncc(-c3cc(F)c(CN(C)C)c(F)c3)c2n1.[C-]#[N+]c1cn2c(NCc3c(F)ccc4c3CCO4)ncc(-c3ccc(CO)nc3)c2n1.[C-]#[N+]c1cn2c(NCc3c(F)ccc4c3CCO4)ncc(-c3cccnc3CO)c2n1. The van der Waals surface area contributed by atoms with Crippen LogP contribution in [0.5, 0.6) is 17.2 Å². The summed E-state index contributed by atoms with van der Waals surface area (Å²) in [5.74, 6) is 1.45. The average molecular weight is 1310 g/mol. The van der Waals surface area contributed by atoms with E-state index >= 15 is 0 Å². The molecule has 0 bridgehead atoms. The number of anilines is 3. The topological polar surface area (TPSA) is 237 Å². The van der Waals surface area contributed by atoms with Crippen LogP contribution in [0.1, 0.15) is 50.3 Å². The molecule has 0 spiro atoms. The molecule has 23 nitrogen and oxygen atoms in total. The van der Waals surface area contributed by atoms with Gasteiger partial charge in [-0.15, -0.1) is 0 Å². The third kappa shape index (κ3) is 12.8. The van der Waals surface area contributed by atoms with Crippen LogP contribution in [-0.4, -0.2) is 102 Å². The Labute approximate surface area is 549 Å². The van der Waals surface area contributed by atoms with Gasteiger partial charge in [-0.1, -0.05) is 46.8 Å². The molecular formula is C69H55F5N18O5. The van der Waals surface area contributed by atoms with E-state index in [1.165, 1.54) is 47.1 Å². The second-order valence-corrected chi connectivity index (χ2v) is 22.6. The van der Waals surface area contributed by atoms with Crippen molar-refractivity contribution >= 4 is 52.2 Å². The summed E-state index contributed by atoms with van der Waals surface area (Å²) in [6.45, 7) is 23.9. The maximum atomic E-state index is 14.7. The first-order valence-corrected chi connectivity index (χ1v) is 30.2. The molecule has 3 aliphatic rings. The minimum Gasteiger partial charge on any atom is -0.493 e. The van der Waals surface area contributed by atoms with E-state index in [0.717, 1.165) is 22.3 Å². The summed E-state index contributed by atoms with van der Waals surface area (Å²) in [5.41, 5.74) is 9.79. The molecule has 486 valence electrons. The Morgan fingerprint density at radius 3 is 1.32 bits per heavy atom. The van der Waals surface area contributed by atoms with Crippen LogP contribution in [0.2, 0.25) is 0 Å². The molecule has 0 amide bonds. The summed E-state index contributed by atoms with van der Waals surface area (Å²) in [5, 5.41) is 28.3. The number of imidazole rings is 3. The fourth-order valence-corrected chi connectivity index (χ4v) is 11.8. The lowest BCUT2D eigenvalue weighted by molar-refractivity contribution is 0.277. The fourth-order valence-electron chi connectivity index (χ4n) is 11.8. The van der Waals surface area contributed by atoms with Gasteiger partial charge in [0.2, 0.25) is 34.8 Å². The summed E-state index contributed by atoms with van der Waals surface area (Å²) in [6, 6.07) is 18.7. The van der Waals surface area contributed by atoms with Crippen molar-refractivity contribution in [3.05, 3.63) is 236 Å². The number of rotatable bonds is 16. The largest absolute Gasteiger partial charge is 0.493 e. The predicted molar refractivity (Wildman–Crippen MR) is 348 cm³/mol. The van der Waals surface area contributed by atoms with Crippen molar-refractivity contribution in [1.82, 2.24) is 58.0 Å². The number of hydrogen-bond donors (Lipinski definition) is 5. The van der Waals surface area contributed by atoms with Crippen molar-refractivity contribution in [2.45, 2.75) is 58.7 Å². The normalized spacial score (nSPS) is 12.5. The van der Waals surface area contributed by atoms with E-state index in [1.807, 2.05) is 12.1 Å². The van der Waals surface area contributed by atoms with Gasteiger partial charge in [0.1, 0.15) is 46.3 Å². The van der Waals surface area contributed by atoms with E-state index in [-0.39, 0.29) is 85.4 Å². The number of nitrogens with one attached hydrogen (secondary N) is 3. The number of nitrogens with zero attached hydrogens (tertiary/aromatic N) is 15. The Morgan fingerprint density at radius 1 is 0.485 bits per heavy atom. The van der Waals surface area contributed by atoms with Crippen LogP contribution in [0.4, 0.5) is 57.3 Å². The van der Waals surface area contributed by atoms with Crippen molar-refractivity contribution in [1.29, 1.82) is 0 Å². The molecule has 0 unspecified atom stereocenters. The number of aliphatic hydroxyl groups is 2. The van der Waals surface area contributed by atoms with Crippen molar-refractivity contribution < 1.29 is 46.4 Å². The van der Waals surface area contributed by atoms with Gasteiger partial charge in [0.25, 0.3) is 17.5 Å². The molecule has 4 aromatic carbocycles. The first-order valence-electron chi connectivity index (χ1n) is 30.2. The summed E-state index contributed by atoms with van der Waals surface area (Å²) >= 11 is 0. The molecule has 0 fully saturated rings. The van der Waals surface area contributed by atoms with Crippen LogP contribution in [0, 0.1) is 48.8 Å². The number of aliphatic hydroxyl groups excluding tert-OH is 2. The van der Waals surface area contributed by atoms with Crippen LogP contribution in [0.15, 0.2) is 122 Å². The summed E-state index contributed by atoms with van der Waals surface area (Å²) in [7, 11) is 3.45. The predicted octanol–water partition coefficient (Wildman–Crippen LogP) is 12.0. The van der Waals surface area contributed by atoms with Crippen LogP contribution in [0.25, 0.3) is 64.9 Å². The molecule has 0 aliphatic carbocycles. The zero-order chi connectivity index (χ0) is 67.4. The van der Waals surface area contributed by atoms with Crippen molar-refractivity contribution in [3.63, 3.8) is 0 Å². The van der Waals surface area contributed by atoms with Crippen LogP contribution >= 0.6 is 0 Å². The molecule has 0 radical (unpaired) electrons. The van der Waals surface area contributed by atoms with Gasteiger partial charge in [-0.05, 0) is 80.3 Å². The Balaban J connectivity index is 0.000000132. The molecule has 8 aromatic heterocycles. The maximum Gasteiger partial charge on any atom is 0.288 e. The first-order chi connectivity index (χ1) is 47.2. The molecule has 28 heteroatoms. The van der Waals surface area contributed by atoms with Crippen molar-refractivity contribution in [2.75, 3.05) is 49.9 Å². The Hall–Kier alpha value is -12.2. The van der Waals surface area contributed by atoms with Gasteiger partial charge >= 0.3 is 0 Å². The van der Waals surface area contributed by atoms with E-state index < -0.39 is 11.6 Å². The average Bonchev–Trinajstić information content (AvgIpc) is 1.71. The molecular weight excluding hydrogens is 1260 g/mol. The smallest absolute Gasteiger partial charge is 0.288 e. The third-order valence-electron chi connectivity index (χ3n) is 16.4. The van der Waals surface area contributed by atoms with Crippen LogP contribution in [0.3, 0.4) is 0 Å². The van der Waals surface area contributed by atoms with Gasteiger partial charge in [0.05, 0.1) is 61.1 Å². The summed E-state index contributed by atoms with van der Waals surface area (Å²) in [6.07, 6.45) is 14.5. The Kier molecular flexibility index (Phi) is 18.0. The van der Waals surface area contributed by atoms with Crippen molar-refractivity contribution in [3.8, 4) is 50.6 Å². The first kappa shape index (κ1) is 63.6. The van der Waals surface area contributed by atoms with Gasteiger partial charge in [0.15, 0.2) is 0 Å². The zero-order valence-corrected chi connectivity index (χ0v) is 51.7. The number of aromatic nitrogens is 11. The van der Waals surface area contributed by atoms with E-state index in [0.29, 0.717) is 141 Å². The zero-order valence-electron chi connectivity index (χ0n) is 51.7. The highest BCUT2D eigenvalue weighted by Crippen LogP contribution is 2.37. The van der Waals surface area contributed by atoms with Gasteiger partial charge in [-0.3, -0.25) is 23.2 Å². The molecule has 12 aromatic rings. The molecule has 15 rings (SSSR count). The van der Waals surface area contributed by atoms with E-state index in [9.17, 15) is 32.2 Å². The Bertz CT molecular complexity index is 5150. The third-order valence-corrected chi connectivity index (χ3v) is 16.4. The van der Waals surface area contributed by atoms with Crippen LogP contribution in [-0.2, 0) is 58.7 Å². The minimum absolute atomic E-state index is 0.0346. The fraction of sp³-hybridized carbons (Fsp3) is 0.203. The standard InChI is InChI=1S/C25H21F3N6O.2C22H17FN6O2/c1-29-23-13-34-24(32-23)16(14-8-20(27)18(12-33(2)3)21(28)9-14)10-30-25(34)31-11-17-15-6-7-35-22(15)5-4-19(17)26;1-24-20-11-29-21(28-20)16(13-2-3-14(12-30)25-8-13)9-26-22(29)27-10-17-15-6-7-31-19(15)5-4-18(17)23;1-24-20-11-29-21(28-20)16(13-3-2-7-25-18(13)12-30)10-27-22(29)26-9-15-14-6-8-31-19(14)5-4-17(15)23/h4-5,8-10,13H,6-7,11-12H2,2-3H3,(H,30,31);2-5,8-9,11,30H,6-7,10,12H2,(H,26,27);2-5,7,10-11,30H,6,8-9,12H2,(H,26,27). The van der Waals surface area contributed by atoms with Crippen LogP contribution < -0.4 is 30.2 Å². The van der Waals surface area contributed by atoms with Gasteiger partial charge in [0, 0.05) is 145 Å². The highest BCUT2D eigenvalue weighted by molar-refractivity contribution is 5.82. The lowest BCUT2D eigenvalue weighted by atomic mass is 10.0. The van der Waals surface area contributed by atoms with E-state index in [2.05, 4.69) is 70.4 Å². The highest BCUT2D eigenvalue weighted by atomic mass is 19.1. The minimum atomic E-state index is -0.679. The van der Waals surface area contributed by atoms with Gasteiger partial charge in [-0.2, -0.15) is 0 Å².